The number of imidazole rings is 1. The van der Waals surface area contributed by atoms with Crippen molar-refractivity contribution in [3.05, 3.63) is 35.3 Å². The molecule has 0 aliphatic carbocycles. The zero-order valence-electron chi connectivity index (χ0n) is 13.7. The second kappa shape index (κ2) is 7.12. The van der Waals surface area contributed by atoms with E-state index in [0.29, 0.717) is 18.5 Å². The summed E-state index contributed by atoms with van der Waals surface area (Å²) < 4.78 is 40.0. The van der Waals surface area contributed by atoms with E-state index in [9.17, 15) is 22.8 Å². The molecule has 1 amide bonds. The second-order valence-corrected chi connectivity index (χ2v) is 5.57. The Bertz CT molecular complexity index is 799. The fourth-order valence-electron chi connectivity index (χ4n) is 2.48. The van der Waals surface area contributed by atoms with E-state index in [1.54, 1.807) is 6.92 Å². The van der Waals surface area contributed by atoms with Gasteiger partial charge in [-0.05, 0) is 25.0 Å². The second-order valence-electron chi connectivity index (χ2n) is 5.57. The van der Waals surface area contributed by atoms with Crippen molar-refractivity contribution in [1.82, 2.24) is 14.7 Å². The number of carboxylic acid groups (broad SMARTS) is 1. The van der Waals surface area contributed by atoms with Crippen molar-refractivity contribution in [2.75, 3.05) is 0 Å². The van der Waals surface area contributed by atoms with Crippen molar-refractivity contribution in [2.24, 2.45) is 0 Å². The molecule has 0 saturated carbocycles. The van der Waals surface area contributed by atoms with E-state index in [4.69, 9.17) is 5.11 Å². The minimum atomic E-state index is -4.57. The number of carboxylic acids is 1. The number of fused-ring (bicyclic) bond motifs is 1. The van der Waals surface area contributed by atoms with Crippen molar-refractivity contribution >= 4 is 17.5 Å². The number of carbonyl (C=O) groups excluding carboxylic acids is 1. The SMILES string of the molecule is CCCc1nc2ccc(C(F)(F)F)cn2c1C(=O)NC(CC)C(=O)O. The number of aryl methyl sites for hydroxylation is 1. The number of alkyl halides is 3. The fraction of sp³-hybridized carbons (Fsp3) is 0.438. The summed E-state index contributed by atoms with van der Waals surface area (Å²) in [5.41, 5.74) is -0.452. The molecule has 0 bridgehead atoms. The van der Waals surface area contributed by atoms with Crippen LogP contribution in [-0.4, -0.2) is 32.4 Å². The van der Waals surface area contributed by atoms with E-state index < -0.39 is 29.7 Å². The van der Waals surface area contributed by atoms with Crippen molar-refractivity contribution in [3.63, 3.8) is 0 Å². The van der Waals surface area contributed by atoms with Crippen LogP contribution in [0.25, 0.3) is 5.65 Å². The predicted octanol–water partition coefficient (Wildman–Crippen LogP) is 2.90. The average molecular weight is 357 g/mol. The molecule has 2 rings (SSSR count). The molecule has 2 aromatic rings. The summed E-state index contributed by atoms with van der Waals surface area (Å²) >= 11 is 0. The first kappa shape index (κ1) is 18.8. The normalized spacial score (nSPS) is 13.0. The molecule has 0 saturated heterocycles. The Labute approximate surface area is 141 Å². The third-order valence-electron chi connectivity index (χ3n) is 3.73. The first-order chi connectivity index (χ1) is 11.7. The number of aromatic nitrogens is 2. The van der Waals surface area contributed by atoms with Crippen LogP contribution < -0.4 is 5.32 Å². The number of nitrogens with zero attached hydrogens (tertiary/aromatic N) is 2. The highest BCUT2D eigenvalue weighted by Gasteiger charge is 2.32. The molecule has 0 spiro atoms. The minimum absolute atomic E-state index is 0.0670. The van der Waals surface area contributed by atoms with Crippen molar-refractivity contribution in [1.29, 1.82) is 0 Å². The van der Waals surface area contributed by atoms with Gasteiger partial charge >= 0.3 is 12.1 Å². The predicted molar refractivity (Wildman–Crippen MR) is 83.4 cm³/mol. The lowest BCUT2D eigenvalue weighted by atomic mass is 10.1. The van der Waals surface area contributed by atoms with Gasteiger partial charge in [0.25, 0.3) is 5.91 Å². The summed E-state index contributed by atoms with van der Waals surface area (Å²) in [6.07, 6.45) is -2.60. The average Bonchev–Trinajstić information content (AvgIpc) is 2.88. The molecular formula is C16H18F3N3O3. The molecule has 0 aromatic carbocycles. The quantitative estimate of drug-likeness (QED) is 0.833. The number of halogens is 3. The van der Waals surface area contributed by atoms with Gasteiger partial charge in [0.05, 0.1) is 11.3 Å². The lowest BCUT2D eigenvalue weighted by Crippen LogP contribution is -2.41. The molecule has 9 heteroatoms. The molecule has 6 nitrogen and oxygen atoms in total. The Morgan fingerprint density at radius 2 is 2.00 bits per heavy atom. The highest BCUT2D eigenvalue weighted by atomic mass is 19.4. The van der Waals surface area contributed by atoms with Crippen LogP contribution >= 0.6 is 0 Å². The van der Waals surface area contributed by atoms with Crippen LogP contribution in [0.5, 0.6) is 0 Å². The summed E-state index contributed by atoms with van der Waals surface area (Å²) in [6, 6.07) is 0.956. The van der Waals surface area contributed by atoms with E-state index in [-0.39, 0.29) is 17.8 Å². The molecular weight excluding hydrogens is 339 g/mol. The molecule has 2 aromatic heterocycles. The number of hydrogen-bond donors (Lipinski definition) is 2. The summed E-state index contributed by atoms with van der Waals surface area (Å²) in [5.74, 6) is -1.97. The molecule has 25 heavy (non-hydrogen) atoms. The molecule has 136 valence electrons. The number of rotatable bonds is 6. The summed E-state index contributed by atoms with van der Waals surface area (Å²) in [5, 5.41) is 11.4. The summed E-state index contributed by atoms with van der Waals surface area (Å²) in [4.78, 5) is 27.9. The highest BCUT2D eigenvalue weighted by molar-refractivity contribution is 5.97. The van der Waals surface area contributed by atoms with Crippen molar-refractivity contribution in [3.8, 4) is 0 Å². The van der Waals surface area contributed by atoms with Gasteiger partial charge in [-0.3, -0.25) is 9.20 Å². The molecule has 1 unspecified atom stereocenters. The van der Waals surface area contributed by atoms with Gasteiger partial charge in [0.2, 0.25) is 0 Å². The van der Waals surface area contributed by atoms with Crippen LogP contribution in [0.15, 0.2) is 18.3 Å². The van der Waals surface area contributed by atoms with Gasteiger partial charge in [-0.2, -0.15) is 13.2 Å². The first-order valence-corrected chi connectivity index (χ1v) is 7.80. The monoisotopic (exact) mass is 357 g/mol. The lowest BCUT2D eigenvalue weighted by Gasteiger charge is -2.13. The van der Waals surface area contributed by atoms with Crippen LogP contribution in [0.2, 0.25) is 0 Å². The molecule has 2 heterocycles. The number of hydrogen-bond acceptors (Lipinski definition) is 3. The molecule has 2 N–H and O–H groups in total. The number of pyridine rings is 1. The topological polar surface area (TPSA) is 83.7 Å². The maximum Gasteiger partial charge on any atom is 0.417 e. The van der Waals surface area contributed by atoms with Crippen LogP contribution in [0.4, 0.5) is 13.2 Å². The van der Waals surface area contributed by atoms with E-state index in [2.05, 4.69) is 10.3 Å². The Morgan fingerprint density at radius 1 is 1.32 bits per heavy atom. The number of nitrogens with one attached hydrogen (secondary N) is 1. The number of amides is 1. The third kappa shape index (κ3) is 3.92. The van der Waals surface area contributed by atoms with Gasteiger partial charge in [-0.25, -0.2) is 9.78 Å². The Balaban J connectivity index is 2.55. The lowest BCUT2D eigenvalue weighted by molar-refractivity contribution is -0.139. The molecule has 0 fully saturated rings. The Morgan fingerprint density at radius 3 is 2.52 bits per heavy atom. The standard InChI is InChI=1S/C16H18F3N3O3/c1-3-5-11-13(14(23)21-10(4-2)15(24)25)22-8-9(16(17,18)19)6-7-12(22)20-11/h6-8,10H,3-5H2,1-2H3,(H,21,23)(H,24,25). The van der Waals surface area contributed by atoms with Gasteiger partial charge < -0.3 is 10.4 Å². The van der Waals surface area contributed by atoms with E-state index in [1.807, 2.05) is 6.92 Å². The summed E-state index contributed by atoms with van der Waals surface area (Å²) in [6.45, 7) is 3.43. The molecule has 0 aliphatic heterocycles. The fourth-order valence-corrected chi connectivity index (χ4v) is 2.48. The van der Waals surface area contributed by atoms with Gasteiger partial charge in [0.15, 0.2) is 0 Å². The zero-order chi connectivity index (χ0) is 18.8. The van der Waals surface area contributed by atoms with Gasteiger partial charge in [0.1, 0.15) is 17.4 Å². The minimum Gasteiger partial charge on any atom is -0.480 e. The van der Waals surface area contributed by atoms with E-state index in [0.717, 1.165) is 16.7 Å². The molecule has 0 aliphatic rings. The number of carbonyl (C=O) groups is 2. The van der Waals surface area contributed by atoms with Crippen LogP contribution in [0.3, 0.4) is 0 Å². The van der Waals surface area contributed by atoms with Crippen molar-refractivity contribution in [2.45, 2.75) is 45.3 Å². The van der Waals surface area contributed by atoms with Crippen LogP contribution in [0.1, 0.15) is 48.4 Å². The molecule has 1 atom stereocenters. The third-order valence-corrected chi connectivity index (χ3v) is 3.73. The Hall–Kier alpha value is -2.58. The smallest absolute Gasteiger partial charge is 0.417 e. The van der Waals surface area contributed by atoms with Gasteiger partial charge in [-0.1, -0.05) is 20.3 Å². The van der Waals surface area contributed by atoms with E-state index in [1.165, 1.54) is 6.07 Å². The van der Waals surface area contributed by atoms with Crippen molar-refractivity contribution < 1.29 is 27.9 Å². The van der Waals surface area contributed by atoms with Gasteiger partial charge in [0, 0.05) is 6.20 Å². The molecule has 0 radical (unpaired) electrons. The van der Waals surface area contributed by atoms with Crippen LogP contribution in [-0.2, 0) is 17.4 Å². The summed E-state index contributed by atoms with van der Waals surface area (Å²) in [7, 11) is 0. The first-order valence-electron chi connectivity index (χ1n) is 7.80. The van der Waals surface area contributed by atoms with Gasteiger partial charge in [-0.15, -0.1) is 0 Å². The maximum atomic E-state index is 13.0. The Kier molecular flexibility index (Phi) is 5.34. The maximum absolute atomic E-state index is 13.0. The zero-order valence-corrected chi connectivity index (χ0v) is 13.7. The highest BCUT2D eigenvalue weighted by Crippen LogP contribution is 2.30. The van der Waals surface area contributed by atoms with Crippen LogP contribution in [0, 0.1) is 0 Å². The largest absolute Gasteiger partial charge is 0.480 e. The number of aliphatic carboxylic acids is 1. The van der Waals surface area contributed by atoms with E-state index >= 15 is 0 Å².